The Morgan fingerprint density at radius 3 is 2.53 bits per heavy atom. The maximum atomic E-state index is 14.2. The van der Waals surface area contributed by atoms with E-state index in [1.807, 2.05) is 30.7 Å². The number of rotatable bonds is 8. The standard InChI is InChI=1S/C25H24FN7O3/c1-15-28-12-18(32(15)2)13-35-20-9-17(26)10-21(11-20)36-19-5-3-16(4-6-19)23-22-24(27)29-14-30-25(22)33(31-23)7-8-34/h3-6,9-12,14,34H,7-8,13H2,1-2H3,(H2,27,29,30). The summed E-state index contributed by atoms with van der Waals surface area (Å²) in [6.07, 6.45) is 3.09. The van der Waals surface area contributed by atoms with Gasteiger partial charge in [0.25, 0.3) is 0 Å². The van der Waals surface area contributed by atoms with Crippen LogP contribution in [0.1, 0.15) is 11.5 Å². The van der Waals surface area contributed by atoms with Gasteiger partial charge in [-0.05, 0) is 31.2 Å². The third kappa shape index (κ3) is 4.56. The lowest BCUT2D eigenvalue weighted by molar-refractivity contribution is 0.271. The van der Waals surface area contributed by atoms with Crippen molar-refractivity contribution in [1.82, 2.24) is 29.3 Å². The average molecular weight is 490 g/mol. The van der Waals surface area contributed by atoms with E-state index in [0.717, 1.165) is 17.1 Å². The quantitative estimate of drug-likeness (QED) is 0.338. The normalized spacial score (nSPS) is 11.2. The minimum Gasteiger partial charge on any atom is -0.487 e. The highest BCUT2D eigenvalue weighted by Crippen LogP contribution is 2.33. The first kappa shape index (κ1) is 23.2. The second-order valence-electron chi connectivity index (χ2n) is 8.15. The molecule has 0 amide bonds. The van der Waals surface area contributed by atoms with Gasteiger partial charge in [0.05, 0.1) is 30.4 Å². The van der Waals surface area contributed by atoms with E-state index in [2.05, 4.69) is 20.1 Å². The molecule has 2 aromatic carbocycles. The van der Waals surface area contributed by atoms with Crippen LogP contribution >= 0.6 is 0 Å². The van der Waals surface area contributed by atoms with Crippen molar-refractivity contribution in [2.75, 3.05) is 12.3 Å². The zero-order chi connectivity index (χ0) is 25.2. The van der Waals surface area contributed by atoms with Crippen LogP contribution in [0.3, 0.4) is 0 Å². The van der Waals surface area contributed by atoms with E-state index in [4.69, 9.17) is 15.2 Å². The topological polar surface area (TPSA) is 126 Å². The summed E-state index contributed by atoms with van der Waals surface area (Å²) in [7, 11) is 1.89. The Kier molecular flexibility index (Phi) is 6.21. The Hall–Kier alpha value is -4.51. The van der Waals surface area contributed by atoms with Gasteiger partial charge in [-0.1, -0.05) is 0 Å². The number of aryl methyl sites for hydroxylation is 1. The van der Waals surface area contributed by atoms with E-state index in [0.29, 0.717) is 39.8 Å². The molecule has 0 spiro atoms. The number of aliphatic hydroxyl groups is 1. The highest BCUT2D eigenvalue weighted by Gasteiger charge is 2.17. The van der Waals surface area contributed by atoms with Crippen LogP contribution in [-0.4, -0.2) is 41.0 Å². The summed E-state index contributed by atoms with van der Waals surface area (Å²) in [5, 5.41) is 14.5. The number of nitrogens with two attached hydrogens (primary N) is 1. The van der Waals surface area contributed by atoms with Crippen LogP contribution in [0.2, 0.25) is 0 Å². The van der Waals surface area contributed by atoms with E-state index >= 15 is 0 Å². The van der Waals surface area contributed by atoms with Gasteiger partial charge in [0.1, 0.15) is 53.3 Å². The number of nitrogens with zero attached hydrogens (tertiary/aromatic N) is 6. The second-order valence-corrected chi connectivity index (χ2v) is 8.15. The molecule has 0 unspecified atom stereocenters. The summed E-state index contributed by atoms with van der Waals surface area (Å²) in [6, 6.07) is 11.3. The highest BCUT2D eigenvalue weighted by atomic mass is 19.1. The van der Waals surface area contributed by atoms with Crippen molar-refractivity contribution in [1.29, 1.82) is 0 Å². The lowest BCUT2D eigenvalue weighted by Gasteiger charge is -2.11. The van der Waals surface area contributed by atoms with Crippen LogP contribution in [0.25, 0.3) is 22.3 Å². The number of ether oxygens (including phenoxy) is 2. The summed E-state index contributed by atoms with van der Waals surface area (Å²) >= 11 is 0. The van der Waals surface area contributed by atoms with Gasteiger partial charge in [0, 0.05) is 30.8 Å². The van der Waals surface area contributed by atoms with Crippen molar-refractivity contribution in [3.05, 3.63) is 72.3 Å². The lowest BCUT2D eigenvalue weighted by Crippen LogP contribution is -2.05. The van der Waals surface area contributed by atoms with Gasteiger partial charge in [-0.15, -0.1) is 0 Å². The predicted molar refractivity (Wildman–Crippen MR) is 131 cm³/mol. The molecule has 0 bridgehead atoms. The Morgan fingerprint density at radius 1 is 1.03 bits per heavy atom. The molecule has 0 saturated carbocycles. The molecule has 11 heteroatoms. The molecule has 3 heterocycles. The molecule has 0 fully saturated rings. The average Bonchev–Trinajstić information content (AvgIpc) is 3.39. The number of anilines is 1. The number of nitrogen functional groups attached to an aromatic ring is 1. The lowest BCUT2D eigenvalue weighted by atomic mass is 10.1. The number of hydrogen-bond donors (Lipinski definition) is 2. The molecule has 0 radical (unpaired) electrons. The van der Waals surface area contributed by atoms with Crippen LogP contribution in [-0.2, 0) is 20.2 Å². The van der Waals surface area contributed by atoms with Gasteiger partial charge in [-0.25, -0.2) is 24.0 Å². The van der Waals surface area contributed by atoms with Gasteiger partial charge in [0.15, 0.2) is 5.65 Å². The molecule has 5 aromatic rings. The predicted octanol–water partition coefficient (Wildman–Crippen LogP) is 3.62. The minimum atomic E-state index is -0.475. The first-order chi connectivity index (χ1) is 17.4. The highest BCUT2D eigenvalue weighted by molar-refractivity contribution is 5.98. The maximum absolute atomic E-state index is 14.2. The summed E-state index contributed by atoms with van der Waals surface area (Å²) in [6.45, 7) is 2.33. The van der Waals surface area contributed by atoms with Crippen molar-refractivity contribution < 1.29 is 19.0 Å². The van der Waals surface area contributed by atoms with Crippen LogP contribution in [0, 0.1) is 12.7 Å². The number of aliphatic hydroxyl groups excluding tert-OH is 1. The molecule has 5 rings (SSSR count). The van der Waals surface area contributed by atoms with E-state index in [1.54, 1.807) is 29.1 Å². The molecule has 0 saturated heterocycles. The number of hydrogen-bond acceptors (Lipinski definition) is 8. The maximum Gasteiger partial charge on any atom is 0.164 e. The van der Waals surface area contributed by atoms with Gasteiger partial charge in [-0.3, -0.25) is 0 Å². The molecular formula is C25H24FN7O3. The molecule has 3 N–H and O–H groups in total. The fourth-order valence-corrected chi connectivity index (χ4v) is 3.82. The zero-order valence-electron chi connectivity index (χ0n) is 19.7. The molecule has 3 aromatic heterocycles. The van der Waals surface area contributed by atoms with Crippen LogP contribution < -0.4 is 15.2 Å². The molecule has 0 aliphatic heterocycles. The molecule has 10 nitrogen and oxygen atoms in total. The van der Waals surface area contributed by atoms with E-state index < -0.39 is 5.82 Å². The van der Waals surface area contributed by atoms with E-state index in [1.165, 1.54) is 18.5 Å². The first-order valence-corrected chi connectivity index (χ1v) is 11.2. The van der Waals surface area contributed by atoms with Gasteiger partial charge in [-0.2, -0.15) is 5.10 Å². The van der Waals surface area contributed by atoms with Crippen molar-refractivity contribution in [3.8, 4) is 28.5 Å². The van der Waals surface area contributed by atoms with E-state index in [9.17, 15) is 9.50 Å². The Labute approximate surface area is 205 Å². The number of imidazole rings is 1. The monoisotopic (exact) mass is 489 g/mol. The molecule has 0 aliphatic carbocycles. The molecular weight excluding hydrogens is 465 g/mol. The van der Waals surface area contributed by atoms with Crippen molar-refractivity contribution in [3.63, 3.8) is 0 Å². The summed E-state index contributed by atoms with van der Waals surface area (Å²) in [5.41, 5.74) is 8.86. The number of benzene rings is 2. The Balaban J connectivity index is 1.36. The van der Waals surface area contributed by atoms with Crippen LogP contribution in [0.5, 0.6) is 17.2 Å². The summed E-state index contributed by atoms with van der Waals surface area (Å²) in [5.74, 6) is 1.83. The third-order valence-electron chi connectivity index (χ3n) is 5.78. The van der Waals surface area contributed by atoms with Crippen LogP contribution in [0.15, 0.2) is 55.0 Å². The fourth-order valence-electron chi connectivity index (χ4n) is 3.82. The molecule has 184 valence electrons. The first-order valence-electron chi connectivity index (χ1n) is 11.2. The summed E-state index contributed by atoms with van der Waals surface area (Å²) in [4.78, 5) is 12.6. The third-order valence-corrected chi connectivity index (χ3v) is 5.78. The second kappa shape index (κ2) is 9.62. The van der Waals surface area contributed by atoms with Crippen molar-refractivity contribution in [2.45, 2.75) is 20.1 Å². The van der Waals surface area contributed by atoms with Gasteiger partial charge in [0.2, 0.25) is 0 Å². The zero-order valence-corrected chi connectivity index (χ0v) is 19.7. The fraction of sp³-hybridized carbons (Fsp3) is 0.200. The smallest absolute Gasteiger partial charge is 0.164 e. The Morgan fingerprint density at radius 2 is 1.81 bits per heavy atom. The largest absolute Gasteiger partial charge is 0.487 e. The Bertz CT molecular complexity index is 1530. The SMILES string of the molecule is Cc1ncc(COc2cc(F)cc(Oc3ccc(-c4nn(CCO)c5ncnc(N)c45)cc3)c2)n1C. The van der Waals surface area contributed by atoms with E-state index in [-0.39, 0.29) is 19.8 Å². The van der Waals surface area contributed by atoms with Gasteiger partial charge >= 0.3 is 0 Å². The minimum absolute atomic E-state index is 0.0893. The van der Waals surface area contributed by atoms with Crippen LogP contribution in [0.4, 0.5) is 10.2 Å². The number of fused-ring (bicyclic) bond motifs is 1. The van der Waals surface area contributed by atoms with Gasteiger partial charge < -0.3 is 24.9 Å². The molecule has 36 heavy (non-hydrogen) atoms. The summed E-state index contributed by atoms with van der Waals surface area (Å²) < 4.78 is 29.4. The van der Waals surface area contributed by atoms with Crippen molar-refractivity contribution in [2.24, 2.45) is 7.05 Å². The molecule has 0 aliphatic rings. The van der Waals surface area contributed by atoms with Crippen molar-refractivity contribution >= 4 is 16.9 Å². The number of halogens is 1. The number of aromatic nitrogens is 6. The molecule has 0 atom stereocenters.